The van der Waals surface area contributed by atoms with Gasteiger partial charge in [0.2, 0.25) is 5.91 Å². The summed E-state index contributed by atoms with van der Waals surface area (Å²) in [7, 11) is 0. The molecule has 3 nitrogen and oxygen atoms in total. The summed E-state index contributed by atoms with van der Waals surface area (Å²) in [4.78, 5) is 16.8. The normalized spacial score (nSPS) is 15.3. The molecule has 2 aromatic carbocycles. The van der Waals surface area contributed by atoms with Crippen molar-refractivity contribution >= 4 is 29.3 Å². The van der Waals surface area contributed by atoms with Gasteiger partial charge in [0.25, 0.3) is 0 Å². The van der Waals surface area contributed by atoms with E-state index in [1.54, 1.807) is 11.8 Å². The lowest BCUT2D eigenvalue weighted by molar-refractivity contribution is -0.130. The topological polar surface area (TPSA) is 23.6 Å². The van der Waals surface area contributed by atoms with E-state index in [2.05, 4.69) is 29.2 Å². The lowest BCUT2D eigenvalue weighted by Crippen LogP contribution is -2.48. The van der Waals surface area contributed by atoms with Crippen LogP contribution < -0.4 is 0 Å². The van der Waals surface area contributed by atoms with Crippen LogP contribution in [0.25, 0.3) is 0 Å². The average molecular weight is 375 g/mol. The number of amides is 1. The molecule has 2 aromatic rings. The van der Waals surface area contributed by atoms with E-state index in [1.807, 2.05) is 35.2 Å². The first-order valence-electron chi connectivity index (χ1n) is 8.57. The Hall–Kier alpha value is -1.49. The van der Waals surface area contributed by atoms with Gasteiger partial charge in [-0.25, -0.2) is 0 Å². The van der Waals surface area contributed by atoms with Crippen molar-refractivity contribution in [2.24, 2.45) is 0 Å². The summed E-state index contributed by atoms with van der Waals surface area (Å²) in [5, 5.41) is 0.749. The fourth-order valence-electron chi connectivity index (χ4n) is 2.97. The number of hydrogen-bond donors (Lipinski definition) is 0. The SMILES string of the molecule is O=C(CSCc1cccc(Cl)c1)N1CCN(Cc2ccccc2)CC1. The van der Waals surface area contributed by atoms with E-state index in [0.717, 1.165) is 49.1 Å². The smallest absolute Gasteiger partial charge is 0.232 e. The lowest BCUT2D eigenvalue weighted by Gasteiger charge is -2.34. The van der Waals surface area contributed by atoms with Gasteiger partial charge < -0.3 is 4.90 Å². The molecule has 0 atom stereocenters. The van der Waals surface area contributed by atoms with Crippen LogP contribution in [0.4, 0.5) is 0 Å². The summed E-state index contributed by atoms with van der Waals surface area (Å²) in [6.45, 7) is 4.50. The molecule has 0 saturated carbocycles. The van der Waals surface area contributed by atoms with Gasteiger partial charge >= 0.3 is 0 Å². The molecule has 0 aliphatic carbocycles. The van der Waals surface area contributed by atoms with E-state index in [4.69, 9.17) is 11.6 Å². The summed E-state index contributed by atoms with van der Waals surface area (Å²) in [6.07, 6.45) is 0. The van der Waals surface area contributed by atoms with E-state index in [1.165, 1.54) is 5.56 Å². The third-order valence-corrected chi connectivity index (χ3v) is 5.58. The number of rotatable bonds is 6. The number of thioether (sulfide) groups is 1. The van der Waals surface area contributed by atoms with Crippen LogP contribution in [0.5, 0.6) is 0 Å². The molecular weight excluding hydrogens is 352 g/mol. The Morgan fingerprint density at radius 1 is 0.960 bits per heavy atom. The third kappa shape index (κ3) is 5.77. The number of benzene rings is 2. The highest BCUT2D eigenvalue weighted by molar-refractivity contribution is 7.99. The van der Waals surface area contributed by atoms with Crippen molar-refractivity contribution in [2.75, 3.05) is 31.9 Å². The van der Waals surface area contributed by atoms with Gasteiger partial charge in [-0.05, 0) is 23.3 Å². The van der Waals surface area contributed by atoms with Gasteiger partial charge in [-0.2, -0.15) is 0 Å². The first kappa shape index (κ1) is 18.3. The molecule has 1 aliphatic rings. The Labute approximate surface area is 159 Å². The summed E-state index contributed by atoms with van der Waals surface area (Å²) >= 11 is 7.65. The van der Waals surface area contributed by atoms with Crippen molar-refractivity contribution in [1.29, 1.82) is 0 Å². The van der Waals surface area contributed by atoms with Crippen LogP contribution >= 0.6 is 23.4 Å². The first-order valence-corrected chi connectivity index (χ1v) is 10.1. The molecule has 0 spiro atoms. The predicted octanol–water partition coefficient (Wildman–Crippen LogP) is 3.92. The number of piperazine rings is 1. The van der Waals surface area contributed by atoms with Crippen LogP contribution in [0.2, 0.25) is 5.02 Å². The molecule has 0 aromatic heterocycles. The Kier molecular flexibility index (Phi) is 6.79. The molecule has 1 amide bonds. The zero-order valence-electron chi connectivity index (χ0n) is 14.2. The van der Waals surface area contributed by atoms with E-state index in [0.29, 0.717) is 5.75 Å². The Morgan fingerprint density at radius 3 is 2.40 bits per heavy atom. The molecule has 25 heavy (non-hydrogen) atoms. The highest BCUT2D eigenvalue weighted by Gasteiger charge is 2.20. The van der Waals surface area contributed by atoms with E-state index in [-0.39, 0.29) is 5.91 Å². The molecule has 3 rings (SSSR count). The minimum absolute atomic E-state index is 0.242. The predicted molar refractivity (Wildman–Crippen MR) is 106 cm³/mol. The standard InChI is InChI=1S/C20H23ClN2OS/c21-19-8-4-7-18(13-19)15-25-16-20(24)23-11-9-22(10-12-23)14-17-5-2-1-3-6-17/h1-8,13H,9-12,14-16H2. The Morgan fingerprint density at radius 2 is 1.68 bits per heavy atom. The van der Waals surface area contributed by atoms with Crippen molar-refractivity contribution in [2.45, 2.75) is 12.3 Å². The molecule has 0 N–H and O–H groups in total. The zero-order valence-corrected chi connectivity index (χ0v) is 15.8. The number of hydrogen-bond acceptors (Lipinski definition) is 3. The summed E-state index contributed by atoms with van der Waals surface area (Å²) in [5.74, 6) is 1.59. The van der Waals surface area contributed by atoms with Crippen molar-refractivity contribution in [1.82, 2.24) is 9.80 Å². The van der Waals surface area contributed by atoms with Gasteiger partial charge in [-0.3, -0.25) is 9.69 Å². The summed E-state index contributed by atoms with van der Waals surface area (Å²) < 4.78 is 0. The fraction of sp³-hybridized carbons (Fsp3) is 0.350. The highest BCUT2D eigenvalue weighted by Crippen LogP contribution is 2.17. The first-order chi connectivity index (χ1) is 12.2. The van der Waals surface area contributed by atoms with Crippen molar-refractivity contribution in [3.63, 3.8) is 0 Å². The second-order valence-electron chi connectivity index (χ2n) is 6.27. The minimum atomic E-state index is 0.242. The number of carbonyl (C=O) groups excluding carboxylic acids is 1. The van der Waals surface area contributed by atoms with Crippen LogP contribution in [0.3, 0.4) is 0 Å². The van der Waals surface area contributed by atoms with Gasteiger partial charge in [0.15, 0.2) is 0 Å². The van der Waals surface area contributed by atoms with Crippen LogP contribution in [0.15, 0.2) is 54.6 Å². The zero-order chi connectivity index (χ0) is 17.5. The second kappa shape index (κ2) is 9.27. The third-order valence-electron chi connectivity index (χ3n) is 4.36. The molecule has 1 fully saturated rings. The average Bonchev–Trinajstić information content (AvgIpc) is 2.63. The maximum Gasteiger partial charge on any atom is 0.232 e. The van der Waals surface area contributed by atoms with Gasteiger partial charge in [0.1, 0.15) is 0 Å². The monoisotopic (exact) mass is 374 g/mol. The quantitative estimate of drug-likeness (QED) is 0.765. The Balaban J connectivity index is 1.38. The molecule has 1 heterocycles. The number of carbonyl (C=O) groups is 1. The molecule has 5 heteroatoms. The van der Waals surface area contributed by atoms with Gasteiger partial charge in [-0.1, -0.05) is 54.1 Å². The van der Waals surface area contributed by atoms with Gasteiger partial charge in [-0.15, -0.1) is 11.8 Å². The minimum Gasteiger partial charge on any atom is -0.339 e. The van der Waals surface area contributed by atoms with Crippen LogP contribution in [-0.2, 0) is 17.1 Å². The van der Waals surface area contributed by atoms with Gasteiger partial charge in [0.05, 0.1) is 5.75 Å². The van der Waals surface area contributed by atoms with Gasteiger partial charge in [0, 0.05) is 43.5 Å². The number of halogens is 1. The lowest BCUT2D eigenvalue weighted by atomic mass is 10.2. The largest absolute Gasteiger partial charge is 0.339 e. The Bertz CT molecular complexity index is 687. The van der Waals surface area contributed by atoms with Crippen LogP contribution in [0, 0.1) is 0 Å². The number of nitrogens with zero attached hydrogens (tertiary/aromatic N) is 2. The summed E-state index contributed by atoms with van der Waals surface area (Å²) in [6, 6.07) is 18.3. The van der Waals surface area contributed by atoms with E-state index in [9.17, 15) is 4.79 Å². The van der Waals surface area contributed by atoms with Crippen molar-refractivity contribution in [3.8, 4) is 0 Å². The van der Waals surface area contributed by atoms with Crippen molar-refractivity contribution < 1.29 is 4.79 Å². The molecule has 1 aliphatic heterocycles. The maximum absolute atomic E-state index is 12.4. The molecule has 1 saturated heterocycles. The van der Waals surface area contributed by atoms with E-state index < -0.39 is 0 Å². The molecule has 0 bridgehead atoms. The van der Waals surface area contributed by atoms with Crippen LogP contribution in [0.1, 0.15) is 11.1 Å². The molecule has 0 unspecified atom stereocenters. The summed E-state index contributed by atoms with van der Waals surface area (Å²) in [5.41, 5.74) is 2.50. The molecule has 132 valence electrons. The van der Waals surface area contributed by atoms with Crippen LogP contribution in [-0.4, -0.2) is 47.6 Å². The fourth-order valence-corrected chi connectivity index (χ4v) is 4.06. The van der Waals surface area contributed by atoms with Crippen molar-refractivity contribution in [3.05, 3.63) is 70.7 Å². The maximum atomic E-state index is 12.4. The molecular formula is C20H23ClN2OS. The van der Waals surface area contributed by atoms with E-state index >= 15 is 0 Å². The second-order valence-corrected chi connectivity index (χ2v) is 7.69. The molecule has 0 radical (unpaired) electrons. The highest BCUT2D eigenvalue weighted by atomic mass is 35.5.